The van der Waals surface area contributed by atoms with Gasteiger partial charge in [-0.2, -0.15) is 0 Å². The molecule has 0 aliphatic carbocycles. The second-order valence-corrected chi connectivity index (χ2v) is 11.3. The fourth-order valence-corrected chi connectivity index (χ4v) is 4.75. The monoisotopic (exact) mass is 506 g/mol. The van der Waals surface area contributed by atoms with E-state index in [1.165, 1.54) is 11.3 Å². The molecule has 1 aromatic heterocycles. The predicted octanol–water partition coefficient (Wildman–Crippen LogP) is 4.57. The number of ether oxygens (including phenoxy) is 1. The number of carbonyl (C=O) groups is 2. The molecule has 7 nitrogen and oxygen atoms in total. The molecule has 1 aliphatic rings. The zero-order chi connectivity index (χ0) is 25.9. The summed E-state index contributed by atoms with van der Waals surface area (Å²) < 4.78 is 5.68. The van der Waals surface area contributed by atoms with Crippen LogP contribution in [0.1, 0.15) is 47.4 Å². The zero-order valence-electron chi connectivity index (χ0n) is 21.7. The number of thiazole rings is 1. The zero-order valence-corrected chi connectivity index (χ0v) is 22.5. The Morgan fingerprint density at radius 2 is 1.86 bits per heavy atom. The van der Waals surface area contributed by atoms with Crippen molar-refractivity contribution in [2.24, 2.45) is 0 Å². The first-order valence-electron chi connectivity index (χ1n) is 12.1. The van der Waals surface area contributed by atoms with Crippen LogP contribution < -0.4 is 9.64 Å². The van der Waals surface area contributed by atoms with Crippen molar-refractivity contribution in [3.8, 4) is 5.75 Å². The quantitative estimate of drug-likeness (QED) is 0.448. The average Bonchev–Trinajstić information content (AvgIpc) is 3.31. The molecule has 2 aromatic carbocycles. The Kier molecular flexibility index (Phi) is 7.76. The van der Waals surface area contributed by atoms with Crippen molar-refractivity contribution < 1.29 is 14.3 Å². The van der Waals surface area contributed by atoms with Crippen LogP contribution in [0.5, 0.6) is 5.75 Å². The Labute approximate surface area is 217 Å². The molecule has 0 bridgehead atoms. The molecule has 0 fully saturated rings. The minimum absolute atomic E-state index is 0.00554. The first-order chi connectivity index (χ1) is 17.1. The molecule has 0 saturated heterocycles. The van der Waals surface area contributed by atoms with E-state index in [-0.39, 0.29) is 23.8 Å². The van der Waals surface area contributed by atoms with E-state index in [1.807, 2.05) is 67.5 Å². The predicted molar refractivity (Wildman–Crippen MR) is 144 cm³/mol. The first kappa shape index (κ1) is 25.9. The van der Waals surface area contributed by atoms with E-state index in [1.54, 1.807) is 10.3 Å². The second-order valence-electron chi connectivity index (χ2n) is 10.3. The molecule has 0 N–H and O–H groups in total. The minimum Gasteiger partial charge on any atom is -0.482 e. The summed E-state index contributed by atoms with van der Waals surface area (Å²) in [6, 6.07) is 16.0. The van der Waals surface area contributed by atoms with Gasteiger partial charge in [0.1, 0.15) is 16.5 Å². The lowest BCUT2D eigenvalue weighted by atomic mass is 9.86. The summed E-state index contributed by atoms with van der Waals surface area (Å²) in [7, 11) is 3.99. The number of benzene rings is 2. The number of anilines is 1. The third-order valence-electron chi connectivity index (χ3n) is 6.15. The van der Waals surface area contributed by atoms with E-state index in [0.717, 1.165) is 23.4 Å². The summed E-state index contributed by atoms with van der Waals surface area (Å²) in [6.45, 7) is 8.59. The maximum absolute atomic E-state index is 13.4. The molecule has 190 valence electrons. The van der Waals surface area contributed by atoms with Crippen LogP contribution >= 0.6 is 11.3 Å². The number of hydrogen-bond acceptors (Lipinski definition) is 6. The largest absolute Gasteiger partial charge is 0.482 e. The van der Waals surface area contributed by atoms with Crippen LogP contribution in [0, 0.1) is 0 Å². The van der Waals surface area contributed by atoms with Crippen LogP contribution in [-0.4, -0.2) is 60.4 Å². The van der Waals surface area contributed by atoms with Gasteiger partial charge in [-0.15, -0.1) is 11.3 Å². The molecule has 3 aromatic rings. The van der Waals surface area contributed by atoms with E-state index in [4.69, 9.17) is 4.74 Å². The SMILES string of the molecule is CN(C)CCN(Cc1ccccc1)C(=O)c1csc(CN2C(=O)COc3ccc(C(C)(C)C)cc32)n1. The van der Waals surface area contributed by atoms with E-state index in [2.05, 4.69) is 30.7 Å². The highest BCUT2D eigenvalue weighted by molar-refractivity contribution is 7.09. The lowest BCUT2D eigenvalue weighted by Crippen LogP contribution is -2.38. The van der Waals surface area contributed by atoms with Crippen molar-refractivity contribution in [1.82, 2.24) is 14.8 Å². The van der Waals surface area contributed by atoms with Crippen LogP contribution in [0.3, 0.4) is 0 Å². The van der Waals surface area contributed by atoms with Crippen molar-refractivity contribution >= 4 is 28.8 Å². The first-order valence-corrected chi connectivity index (χ1v) is 13.0. The van der Waals surface area contributed by atoms with Crippen LogP contribution in [0.2, 0.25) is 0 Å². The number of rotatable bonds is 8. The average molecular weight is 507 g/mol. The Bertz CT molecular complexity index is 1220. The fraction of sp³-hybridized carbons (Fsp3) is 0.393. The van der Waals surface area contributed by atoms with Crippen molar-refractivity contribution in [1.29, 1.82) is 0 Å². The summed E-state index contributed by atoms with van der Waals surface area (Å²) in [5.41, 5.74) is 3.30. The standard InChI is InChI=1S/C28H34N4O3S/c1-28(2,3)21-11-12-24-23(15-21)32(26(33)18-35-24)17-25-29-22(19-36-25)27(34)31(14-13-30(4)5)16-20-9-7-6-8-10-20/h6-12,15,19H,13-14,16-18H2,1-5H3. The van der Waals surface area contributed by atoms with Gasteiger partial charge in [-0.1, -0.05) is 57.2 Å². The molecule has 36 heavy (non-hydrogen) atoms. The van der Waals surface area contributed by atoms with Crippen molar-refractivity contribution in [2.75, 3.05) is 38.7 Å². The van der Waals surface area contributed by atoms with Gasteiger partial charge in [-0.05, 0) is 42.8 Å². The number of likely N-dealkylation sites (N-methyl/N-ethyl adjacent to an activating group) is 1. The molecule has 2 amide bonds. The van der Waals surface area contributed by atoms with E-state index in [0.29, 0.717) is 36.1 Å². The van der Waals surface area contributed by atoms with Gasteiger partial charge in [0.25, 0.3) is 11.8 Å². The van der Waals surface area contributed by atoms with Crippen molar-refractivity contribution in [3.05, 3.63) is 75.7 Å². The summed E-state index contributed by atoms with van der Waals surface area (Å²) in [6.07, 6.45) is 0. The van der Waals surface area contributed by atoms with Crippen LogP contribution in [0.15, 0.2) is 53.9 Å². The lowest BCUT2D eigenvalue weighted by molar-refractivity contribution is -0.121. The van der Waals surface area contributed by atoms with E-state index >= 15 is 0 Å². The van der Waals surface area contributed by atoms with Gasteiger partial charge >= 0.3 is 0 Å². The van der Waals surface area contributed by atoms with E-state index < -0.39 is 0 Å². The number of nitrogens with zero attached hydrogens (tertiary/aromatic N) is 4. The van der Waals surface area contributed by atoms with Gasteiger partial charge in [0, 0.05) is 25.0 Å². The molecule has 0 spiro atoms. The van der Waals surface area contributed by atoms with Gasteiger partial charge in [-0.3, -0.25) is 14.5 Å². The molecular weight excluding hydrogens is 472 g/mol. The highest BCUT2D eigenvalue weighted by Crippen LogP contribution is 2.37. The molecule has 0 saturated carbocycles. The molecule has 4 rings (SSSR count). The number of aromatic nitrogens is 1. The van der Waals surface area contributed by atoms with Gasteiger partial charge < -0.3 is 14.5 Å². The van der Waals surface area contributed by atoms with Gasteiger partial charge in [-0.25, -0.2) is 4.98 Å². The normalized spacial score (nSPS) is 13.5. The molecule has 1 aliphatic heterocycles. The minimum atomic E-state index is -0.117. The van der Waals surface area contributed by atoms with Crippen LogP contribution in [0.4, 0.5) is 5.69 Å². The Balaban J connectivity index is 1.54. The Morgan fingerprint density at radius 1 is 1.11 bits per heavy atom. The molecular formula is C28H34N4O3S. The molecule has 8 heteroatoms. The van der Waals surface area contributed by atoms with Crippen molar-refractivity contribution in [3.63, 3.8) is 0 Å². The molecule has 2 heterocycles. The van der Waals surface area contributed by atoms with Gasteiger partial charge in [0.15, 0.2) is 6.61 Å². The molecule has 0 unspecified atom stereocenters. The van der Waals surface area contributed by atoms with Gasteiger partial charge in [0.2, 0.25) is 0 Å². The summed E-state index contributed by atoms with van der Waals surface area (Å²) in [5.74, 6) is 0.466. The van der Waals surface area contributed by atoms with Crippen LogP contribution in [0.25, 0.3) is 0 Å². The maximum Gasteiger partial charge on any atom is 0.273 e. The van der Waals surface area contributed by atoms with Crippen molar-refractivity contribution in [2.45, 2.75) is 39.3 Å². The lowest BCUT2D eigenvalue weighted by Gasteiger charge is -2.31. The second kappa shape index (κ2) is 10.8. The van der Waals surface area contributed by atoms with Gasteiger partial charge in [0.05, 0.1) is 12.2 Å². The van der Waals surface area contributed by atoms with Crippen LogP contribution in [-0.2, 0) is 23.3 Å². The maximum atomic E-state index is 13.4. The summed E-state index contributed by atoms with van der Waals surface area (Å²) in [5, 5.41) is 2.51. The number of fused-ring (bicyclic) bond motifs is 1. The third kappa shape index (κ3) is 6.12. The number of carbonyl (C=O) groups excluding carboxylic acids is 2. The summed E-state index contributed by atoms with van der Waals surface area (Å²) in [4.78, 5) is 36.5. The summed E-state index contributed by atoms with van der Waals surface area (Å²) >= 11 is 1.40. The molecule has 0 atom stereocenters. The highest BCUT2D eigenvalue weighted by Gasteiger charge is 2.29. The Hall–Kier alpha value is -3.23. The number of amides is 2. The third-order valence-corrected chi connectivity index (χ3v) is 6.99. The highest BCUT2D eigenvalue weighted by atomic mass is 32.1. The smallest absolute Gasteiger partial charge is 0.273 e. The van der Waals surface area contributed by atoms with E-state index in [9.17, 15) is 9.59 Å². The fourth-order valence-electron chi connectivity index (χ4n) is 4.00. The molecule has 0 radical (unpaired) electrons. The Morgan fingerprint density at radius 3 is 2.56 bits per heavy atom. The topological polar surface area (TPSA) is 66.0 Å². The number of hydrogen-bond donors (Lipinski definition) is 0.